The van der Waals surface area contributed by atoms with Gasteiger partial charge >= 0.3 is 5.97 Å². The van der Waals surface area contributed by atoms with E-state index in [9.17, 15) is 9.59 Å². The molecule has 0 spiro atoms. The van der Waals surface area contributed by atoms with Gasteiger partial charge in [-0.25, -0.2) is 4.79 Å². The molecule has 0 saturated heterocycles. The Kier molecular flexibility index (Phi) is 4.21. The van der Waals surface area contributed by atoms with Crippen LogP contribution in [0.3, 0.4) is 0 Å². The Balaban J connectivity index is 1.69. The Hall–Kier alpha value is -2.53. The van der Waals surface area contributed by atoms with Crippen LogP contribution in [0.2, 0.25) is 5.02 Å². The molecular weight excluding hydrogens is 318 g/mol. The lowest BCUT2D eigenvalue weighted by atomic mass is 10.0. The summed E-state index contributed by atoms with van der Waals surface area (Å²) in [5.74, 6) is -0.130. The van der Waals surface area contributed by atoms with E-state index in [4.69, 9.17) is 21.1 Å². The highest BCUT2D eigenvalue weighted by Crippen LogP contribution is 2.33. The van der Waals surface area contributed by atoms with Crippen LogP contribution in [0.4, 0.5) is 5.69 Å². The molecule has 6 heteroatoms. The van der Waals surface area contributed by atoms with Crippen molar-refractivity contribution in [3.05, 3.63) is 58.6 Å². The van der Waals surface area contributed by atoms with E-state index < -0.39 is 12.1 Å². The molecule has 1 aliphatic rings. The molecule has 0 aromatic heterocycles. The normalized spacial score (nSPS) is 15.7. The molecule has 2 aromatic rings. The van der Waals surface area contributed by atoms with Crippen molar-refractivity contribution in [2.75, 3.05) is 12.4 Å². The number of carbonyl (C=O) groups excluding carboxylic acids is 2. The molecule has 23 heavy (non-hydrogen) atoms. The number of amides is 1. The van der Waals surface area contributed by atoms with Gasteiger partial charge in [0, 0.05) is 11.3 Å². The molecule has 2 aromatic carbocycles. The maximum Gasteiger partial charge on any atom is 0.339 e. The summed E-state index contributed by atoms with van der Waals surface area (Å²) in [4.78, 5) is 23.9. The van der Waals surface area contributed by atoms with Crippen LogP contribution in [0.5, 0.6) is 5.75 Å². The molecule has 0 fully saturated rings. The molecule has 0 bridgehead atoms. The zero-order valence-corrected chi connectivity index (χ0v) is 13.1. The number of rotatable bonds is 4. The topological polar surface area (TPSA) is 64.6 Å². The monoisotopic (exact) mass is 331 g/mol. The Morgan fingerprint density at radius 2 is 2.09 bits per heavy atom. The molecular formula is C17H14ClNO4. The third-order valence-electron chi connectivity index (χ3n) is 3.58. The third kappa shape index (κ3) is 3.14. The summed E-state index contributed by atoms with van der Waals surface area (Å²) in [5.41, 5.74) is 1.80. The van der Waals surface area contributed by atoms with Gasteiger partial charge in [0.2, 0.25) is 5.91 Å². The minimum Gasteiger partial charge on any atom is -0.495 e. The molecule has 5 nitrogen and oxygen atoms in total. The van der Waals surface area contributed by atoms with Crippen LogP contribution in [0.1, 0.15) is 28.4 Å². The van der Waals surface area contributed by atoms with Gasteiger partial charge in [-0.1, -0.05) is 29.8 Å². The number of carbonyl (C=O) groups is 2. The number of cyclic esters (lactones) is 1. The summed E-state index contributed by atoms with van der Waals surface area (Å²) in [7, 11) is 1.52. The highest BCUT2D eigenvalue weighted by atomic mass is 35.5. The van der Waals surface area contributed by atoms with Crippen LogP contribution in [-0.4, -0.2) is 19.0 Å². The Morgan fingerprint density at radius 3 is 2.83 bits per heavy atom. The van der Waals surface area contributed by atoms with Crippen molar-refractivity contribution >= 4 is 29.2 Å². The maximum absolute atomic E-state index is 12.2. The van der Waals surface area contributed by atoms with Gasteiger partial charge in [0.25, 0.3) is 0 Å². The number of esters is 1. The first-order valence-corrected chi connectivity index (χ1v) is 7.39. The van der Waals surface area contributed by atoms with E-state index in [0.29, 0.717) is 22.0 Å². The Bertz CT molecular complexity index is 775. The number of ether oxygens (including phenoxy) is 2. The van der Waals surface area contributed by atoms with Gasteiger partial charge in [-0.15, -0.1) is 0 Å². The molecule has 0 saturated carbocycles. The molecule has 1 aliphatic heterocycles. The number of hydrogen-bond acceptors (Lipinski definition) is 4. The summed E-state index contributed by atoms with van der Waals surface area (Å²) in [6.07, 6.45) is -0.515. The standard InChI is InChI=1S/C17H14ClNO4/c1-22-14-7-6-10(8-13(14)18)19-16(20)9-15-11-4-2-3-5-12(11)17(21)23-15/h2-8,15H,9H2,1H3,(H,19,20)/t15-/m0/s1. The van der Waals surface area contributed by atoms with Crippen molar-refractivity contribution in [1.82, 2.24) is 0 Å². The number of fused-ring (bicyclic) bond motifs is 1. The number of methoxy groups -OCH3 is 1. The highest BCUT2D eigenvalue weighted by molar-refractivity contribution is 6.32. The summed E-state index contributed by atoms with van der Waals surface area (Å²) < 4.78 is 10.3. The van der Waals surface area contributed by atoms with Gasteiger partial charge in [0.15, 0.2) is 0 Å². The lowest BCUT2D eigenvalue weighted by Gasteiger charge is -2.12. The lowest BCUT2D eigenvalue weighted by molar-refractivity contribution is -0.118. The lowest BCUT2D eigenvalue weighted by Crippen LogP contribution is -2.15. The van der Waals surface area contributed by atoms with Crippen LogP contribution in [-0.2, 0) is 9.53 Å². The van der Waals surface area contributed by atoms with Gasteiger partial charge in [-0.2, -0.15) is 0 Å². The Labute approximate surface area is 138 Å². The van der Waals surface area contributed by atoms with Crippen LogP contribution < -0.4 is 10.1 Å². The van der Waals surface area contributed by atoms with Gasteiger partial charge in [-0.05, 0) is 24.3 Å². The van der Waals surface area contributed by atoms with Crippen molar-refractivity contribution in [2.45, 2.75) is 12.5 Å². The molecule has 1 N–H and O–H groups in total. The summed E-state index contributed by atoms with van der Waals surface area (Å²) in [5, 5.41) is 3.14. The maximum atomic E-state index is 12.2. The first-order chi connectivity index (χ1) is 11.1. The smallest absolute Gasteiger partial charge is 0.339 e. The van der Waals surface area contributed by atoms with E-state index in [2.05, 4.69) is 5.32 Å². The van der Waals surface area contributed by atoms with Crippen LogP contribution in [0.15, 0.2) is 42.5 Å². The molecule has 0 unspecified atom stereocenters. The van der Waals surface area contributed by atoms with Gasteiger partial charge in [0.1, 0.15) is 11.9 Å². The minimum absolute atomic E-state index is 0.0480. The predicted molar refractivity (Wildman–Crippen MR) is 85.8 cm³/mol. The number of halogens is 1. The molecule has 1 amide bonds. The SMILES string of the molecule is COc1ccc(NC(=O)C[C@@H]2OC(=O)c3ccccc32)cc1Cl. The average Bonchev–Trinajstić information content (AvgIpc) is 2.84. The number of nitrogens with one attached hydrogen (secondary N) is 1. The first-order valence-electron chi connectivity index (χ1n) is 7.02. The first kappa shape index (κ1) is 15.4. The fraction of sp³-hybridized carbons (Fsp3) is 0.176. The van der Waals surface area contributed by atoms with E-state index in [-0.39, 0.29) is 12.3 Å². The second-order valence-electron chi connectivity index (χ2n) is 5.08. The van der Waals surface area contributed by atoms with E-state index in [1.54, 1.807) is 36.4 Å². The molecule has 3 rings (SSSR count). The van der Waals surface area contributed by atoms with Gasteiger partial charge in [-0.3, -0.25) is 4.79 Å². The summed E-state index contributed by atoms with van der Waals surface area (Å²) >= 11 is 6.02. The average molecular weight is 332 g/mol. The predicted octanol–water partition coefficient (Wildman–Crippen LogP) is 3.59. The second-order valence-corrected chi connectivity index (χ2v) is 5.49. The van der Waals surface area contributed by atoms with Crippen LogP contribution >= 0.6 is 11.6 Å². The summed E-state index contributed by atoms with van der Waals surface area (Å²) in [6.45, 7) is 0. The largest absolute Gasteiger partial charge is 0.495 e. The van der Waals surface area contributed by atoms with Crippen molar-refractivity contribution < 1.29 is 19.1 Å². The van der Waals surface area contributed by atoms with Gasteiger partial charge in [0.05, 0.1) is 24.1 Å². The number of hydrogen-bond donors (Lipinski definition) is 1. The quantitative estimate of drug-likeness (QED) is 0.870. The summed E-state index contributed by atoms with van der Waals surface area (Å²) in [6, 6.07) is 12.0. The fourth-order valence-corrected chi connectivity index (χ4v) is 2.75. The van der Waals surface area contributed by atoms with Crippen LogP contribution in [0, 0.1) is 0 Å². The molecule has 0 radical (unpaired) electrons. The third-order valence-corrected chi connectivity index (χ3v) is 3.88. The zero-order chi connectivity index (χ0) is 16.4. The minimum atomic E-state index is -0.563. The van der Waals surface area contributed by atoms with Gasteiger partial charge < -0.3 is 14.8 Å². The Morgan fingerprint density at radius 1 is 1.30 bits per heavy atom. The molecule has 1 heterocycles. The van der Waals surface area contributed by atoms with Crippen LogP contribution in [0.25, 0.3) is 0 Å². The van der Waals surface area contributed by atoms with Crippen molar-refractivity contribution in [3.8, 4) is 5.75 Å². The van der Waals surface area contributed by atoms with Crippen molar-refractivity contribution in [2.24, 2.45) is 0 Å². The van der Waals surface area contributed by atoms with E-state index in [1.807, 2.05) is 6.07 Å². The number of anilines is 1. The fourth-order valence-electron chi connectivity index (χ4n) is 2.50. The van der Waals surface area contributed by atoms with E-state index in [0.717, 1.165) is 5.56 Å². The second kappa shape index (κ2) is 6.30. The highest BCUT2D eigenvalue weighted by Gasteiger charge is 2.32. The molecule has 118 valence electrons. The van der Waals surface area contributed by atoms with Crippen molar-refractivity contribution in [1.29, 1.82) is 0 Å². The van der Waals surface area contributed by atoms with Crippen molar-refractivity contribution in [3.63, 3.8) is 0 Å². The molecule has 1 atom stereocenters. The molecule has 0 aliphatic carbocycles. The van der Waals surface area contributed by atoms with E-state index in [1.165, 1.54) is 7.11 Å². The zero-order valence-electron chi connectivity index (χ0n) is 12.3. The van der Waals surface area contributed by atoms with E-state index >= 15 is 0 Å². The number of benzene rings is 2.